The third-order valence-electron chi connectivity index (χ3n) is 5.24. The first-order chi connectivity index (χ1) is 15.6. The summed E-state index contributed by atoms with van der Waals surface area (Å²) in [4.78, 5) is 25.4. The van der Waals surface area contributed by atoms with Crippen LogP contribution in [0.1, 0.15) is 35.8 Å². The van der Waals surface area contributed by atoms with Crippen molar-refractivity contribution in [1.82, 2.24) is 9.78 Å². The van der Waals surface area contributed by atoms with Crippen LogP contribution in [0.2, 0.25) is 0 Å². The zero-order valence-corrected chi connectivity index (χ0v) is 18.2. The number of nitrogens with one attached hydrogen (secondary N) is 1. The third-order valence-corrected chi connectivity index (χ3v) is 5.24. The highest BCUT2D eigenvalue weighted by atomic mass is 16.5. The summed E-state index contributed by atoms with van der Waals surface area (Å²) in [5, 5.41) is 8.80. The fourth-order valence-corrected chi connectivity index (χ4v) is 3.45. The Morgan fingerprint density at radius 3 is 2.34 bits per heavy atom. The largest absolute Gasteiger partial charge is 0.494 e. The summed E-state index contributed by atoms with van der Waals surface area (Å²) in [6, 6.07) is 21.6. The number of carbonyl (C=O) groups excluding carboxylic acids is 1. The van der Waals surface area contributed by atoms with Gasteiger partial charge in [-0.1, -0.05) is 31.5 Å². The van der Waals surface area contributed by atoms with E-state index in [-0.39, 0.29) is 11.5 Å². The van der Waals surface area contributed by atoms with Crippen LogP contribution in [0.5, 0.6) is 5.75 Å². The predicted molar refractivity (Wildman–Crippen MR) is 127 cm³/mol. The van der Waals surface area contributed by atoms with E-state index in [2.05, 4.69) is 17.3 Å². The van der Waals surface area contributed by atoms with Crippen molar-refractivity contribution < 1.29 is 9.53 Å². The van der Waals surface area contributed by atoms with Gasteiger partial charge in [-0.3, -0.25) is 9.59 Å². The van der Waals surface area contributed by atoms with Crippen molar-refractivity contribution in [3.05, 3.63) is 94.4 Å². The van der Waals surface area contributed by atoms with E-state index < -0.39 is 0 Å². The van der Waals surface area contributed by atoms with E-state index in [0.717, 1.165) is 29.7 Å². The highest BCUT2D eigenvalue weighted by Crippen LogP contribution is 2.18. The van der Waals surface area contributed by atoms with Gasteiger partial charge in [0.1, 0.15) is 5.75 Å². The molecule has 0 aliphatic carbocycles. The molecule has 0 unspecified atom stereocenters. The average molecular weight is 428 g/mol. The number of unbranched alkanes of at least 4 members (excludes halogenated alkanes) is 1. The molecule has 0 bridgehead atoms. The van der Waals surface area contributed by atoms with E-state index in [1.165, 1.54) is 4.68 Å². The standard InChI is InChI=1S/C26H25N3O3/c1-3-4-17-32-22-15-9-19(10-16-22)25(30)27-20-11-13-21(14-12-20)29-26(31)24-8-6-5-7-23(24)18(2)28-29/h5-16H,3-4,17H2,1-2H3,(H,27,30). The minimum atomic E-state index is -0.213. The monoisotopic (exact) mass is 427 g/mol. The molecule has 0 saturated carbocycles. The zero-order valence-electron chi connectivity index (χ0n) is 18.2. The molecule has 6 nitrogen and oxygen atoms in total. The summed E-state index contributed by atoms with van der Waals surface area (Å²) < 4.78 is 7.02. The smallest absolute Gasteiger partial charge is 0.279 e. The van der Waals surface area contributed by atoms with E-state index in [1.807, 2.05) is 25.1 Å². The van der Waals surface area contributed by atoms with Crippen LogP contribution in [-0.4, -0.2) is 22.3 Å². The third kappa shape index (κ3) is 4.54. The average Bonchev–Trinajstić information content (AvgIpc) is 2.82. The molecule has 1 aromatic heterocycles. The van der Waals surface area contributed by atoms with Crippen molar-refractivity contribution in [1.29, 1.82) is 0 Å². The van der Waals surface area contributed by atoms with Crippen molar-refractivity contribution in [2.75, 3.05) is 11.9 Å². The molecule has 1 N–H and O–H groups in total. The van der Waals surface area contributed by atoms with Crippen molar-refractivity contribution in [3.8, 4) is 11.4 Å². The number of hydrogen-bond acceptors (Lipinski definition) is 4. The van der Waals surface area contributed by atoms with Gasteiger partial charge in [0.2, 0.25) is 0 Å². The fraction of sp³-hybridized carbons (Fsp3) is 0.192. The number of ether oxygens (including phenoxy) is 1. The van der Waals surface area contributed by atoms with E-state index in [0.29, 0.717) is 28.9 Å². The molecule has 0 aliphatic rings. The lowest BCUT2D eigenvalue weighted by Gasteiger charge is -2.10. The lowest BCUT2D eigenvalue weighted by atomic mass is 10.1. The van der Waals surface area contributed by atoms with Crippen LogP contribution in [-0.2, 0) is 0 Å². The van der Waals surface area contributed by atoms with Crippen LogP contribution in [0, 0.1) is 6.92 Å². The Morgan fingerprint density at radius 2 is 1.66 bits per heavy atom. The number of carbonyl (C=O) groups is 1. The lowest BCUT2D eigenvalue weighted by Crippen LogP contribution is -2.22. The molecule has 4 rings (SSSR count). The topological polar surface area (TPSA) is 73.2 Å². The number of benzene rings is 3. The molecule has 0 fully saturated rings. The first kappa shape index (κ1) is 21.3. The first-order valence-electron chi connectivity index (χ1n) is 10.7. The van der Waals surface area contributed by atoms with Crippen molar-refractivity contribution in [2.45, 2.75) is 26.7 Å². The molecular formula is C26H25N3O3. The lowest BCUT2D eigenvalue weighted by molar-refractivity contribution is 0.102. The summed E-state index contributed by atoms with van der Waals surface area (Å²) in [5.41, 5.74) is 2.41. The summed E-state index contributed by atoms with van der Waals surface area (Å²) in [6.45, 7) is 4.66. The number of rotatable bonds is 7. The molecule has 0 saturated heterocycles. The van der Waals surface area contributed by atoms with E-state index in [4.69, 9.17) is 4.74 Å². The fourth-order valence-electron chi connectivity index (χ4n) is 3.45. The van der Waals surface area contributed by atoms with Crippen LogP contribution < -0.4 is 15.6 Å². The molecule has 162 valence electrons. The van der Waals surface area contributed by atoms with Crippen LogP contribution in [0.25, 0.3) is 16.5 Å². The molecule has 0 spiro atoms. The van der Waals surface area contributed by atoms with E-state index in [1.54, 1.807) is 54.6 Å². The minimum Gasteiger partial charge on any atom is -0.494 e. The summed E-state index contributed by atoms with van der Waals surface area (Å²) in [7, 11) is 0. The van der Waals surface area contributed by atoms with Gasteiger partial charge in [-0.2, -0.15) is 9.78 Å². The molecule has 0 radical (unpaired) electrons. The van der Waals surface area contributed by atoms with E-state index >= 15 is 0 Å². The second kappa shape index (κ2) is 9.47. The van der Waals surface area contributed by atoms with Gasteiger partial charge in [0.15, 0.2) is 0 Å². The molecule has 0 aliphatic heterocycles. The van der Waals surface area contributed by atoms with Crippen molar-refractivity contribution >= 4 is 22.4 Å². The maximum Gasteiger partial charge on any atom is 0.279 e. The highest BCUT2D eigenvalue weighted by molar-refractivity contribution is 6.04. The number of amides is 1. The Labute approximate surface area is 186 Å². The van der Waals surface area contributed by atoms with Crippen LogP contribution >= 0.6 is 0 Å². The molecule has 1 heterocycles. The second-order valence-corrected chi connectivity index (χ2v) is 7.58. The molecule has 4 aromatic rings. The van der Waals surface area contributed by atoms with Crippen molar-refractivity contribution in [3.63, 3.8) is 0 Å². The summed E-state index contributed by atoms with van der Waals surface area (Å²) in [6.07, 6.45) is 2.07. The van der Waals surface area contributed by atoms with Gasteiger partial charge in [0, 0.05) is 16.6 Å². The maximum absolute atomic E-state index is 12.9. The zero-order chi connectivity index (χ0) is 22.5. The molecule has 1 amide bonds. The van der Waals surface area contributed by atoms with Crippen LogP contribution in [0.4, 0.5) is 5.69 Å². The van der Waals surface area contributed by atoms with Gasteiger partial charge >= 0.3 is 0 Å². The van der Waals surface area contributed by atoms with Gasteiger partial charge in [-0.05, 0) is 67.9 Å². The van der Waals surface area contributed by atoms with E-state index in [9.17, 15) is 9.59 Å². The SMILES string of the molecule is CCCCOc1ccc(C(=O)Nc2ccc(-n3nc(C)c4ccccc4c3=O)cc2)cc1. The number of nitrogens with zero attached hydrogens (tertiary/aromatic N) is 2. The molecule has 32 heavy (non-hydrogen) atoms. The Bertz CT molecular complexity index is 1290. The molecule has 3 aromatic carbocycles. The Kier molecular flexibility index (Phi) is 6.31. The molecule has 6 heteroatoms. The highest BCUT2D eigenvalue weighted by Gasteiger charge is 2.10. The molecular weight excluding hydrogens is 402 g/mol. The number of aromatic nitrogens is 2. The van der Waals surface area contributed by atoms with Crippen LogP contribution in [0.15, 0.2) is 77.6 Å². The molecule has 0 atom stereocenters. The number of hydrogen-bond donors (Lipinski definition) is 1. The number of anilines is 1. The summed E-state index contributed by atoms with van der Waals surface area (Å²) in [5.74, 6) is 0.540. The van der Waals surface area contributed by atoms with Gasteiger partial charge < -0.3 is 10.1 Å². The van der Waals surface area contributed by atoms with Gasteiger partial charge in [-0.25, -0.2) is 0 Å². The normalized spacial score (nSPS) is 10.8. The van der Waals surface area contributed by atoms with Crippen LogP contribution in [0.3, 0.4) is 0 Å². The predicted octanol–water partition coefficient (Wildman–Crippen LogP) is 5.13. The summed E-state index contributed by atoms with van der Waals surface area (Å²) >= 11 is 0. The van der Waals surface area contributed by atoms with Gasteiger partial charge in [-0.15, -0.1) is 0 Å². The Balaban J connectivity index is 1.49. The number of fused-ring (bicyclic) bond motifs is 1. The second-order valence-electron chi connectivity index (χ2n) is 7.58. The maximum atomic E-state index is 12.9. The van der Waals surface area contributed by atoms with Gasteiger partial charge in [0.05, 0.1) is 23.4 Å². The quantitative estimate of drug-likeness (QED) is 0.415. The minimum absolute atomic E-state index is 0.177. The number of aryl methyl sites for hydroxylation is 1. The first-order valence-corrected chi connectivity index (χ1v) is 10.7. The Hall–Kier alpha value is -3.93. The Morgan fingerprint density at radius 1 is 0.969 bits per heavy atom. The van der Waals surface area contributed by atoms with Crippen molar-refractivity contribution in [2.24, 2.45) is 0 Å². The van der Waals surface area contributed by atoms with Gasteiger partial charge in [0.25, 0.3) is 11.5 Å².